The molecule has 0 aliphatic heterocycles. The molecule has 49 heavy (non-hydrogen) atoms. The molecule has 226 valence electrons. The van der Waals surface area contributed by atoms with Crippen LogP contribution in [0.15, 0.2) is 146 Å². The number of benzene rings is 7. The number of fused-ring (bicyclic) bond motifs is 10. The number of hydrogen-bond acceptors (Lipinski definition) is 1. The monoisotopic (exact) mass is 640 g/mol. The van der Waals surface area contributed by atoms with E-state index < -0.39 is 0 Å². The van der Waals surface area contributed by atoms with Crippen molar-refractivity contribution in [1.82, 2.24) is 9.13 Å². The van der Waals surface area contributed by atoms with E-state index >= 15 is 0 Å². The molecule has 0 aliphatic carbocycles. The molecule has 0 spiro atoms. The maximum Gasteiger partial charge on any atom is 0.205 e. The summed E-state index contributed by atoms with van der Waals surface area (Å²) in [6.07, 6.45) is 0. The van der Waals surface area contributed by atoms with E-state index in [9.17, 15) is 0 Å². The van der Waals surface area contributed by atoms with Crippen LogP contribution in [0.4, 0.5) is 11.4 Å². The van der Waals surface area contributed by atoms with Crippen molar-refractivity contribution in [3.63, 3.8) is 0 Å². The molecule has 0 unspecified atom stereocenters. The molecule has 3 aromatic heterocycles. The first-order valence-electron chi connectivity index (χ1n) is 16.1. The average molecular weight is 641 g/mol. The number of rotatable bonds is 3. The normalized spacial score (nSPS) is 11.6. The molecule has 10 rings (SSSR count). The first-order valence-corrected chi connectivity index (χ1v) is 16.9. The summed E-state index contributed by atoms with van der Waals surface area (Å²) in [5, 5.41) is 6.68. The van der Waals surface area contributed by atoms with Crippen LogP contribution < -0.4 is 0 Å². The quantitative estimate of drug-likeness (QED) is 0.171. The summed E-state index contributed by atoms with van der Waals surface area (Å²) in [4.78, 5) is 7.81. The van der Waals surface area contributed by atoms with Crippen molar-refractivity contribution in [3.8, 4) is 22.5 Å². The van der Waals surface area contributed by atoms with E-state index in [2.05, 4.69) is 146 Å². The highest BCUT2D eigenvalue weighted by Gasteiger charge is 2.22. The van der Waals surface area contributed by atoms with Gasteiger partial charge in [-0.05, 0) is 70.4 Å². The zero-order valence-electron chi connectivity index (χ0n) is 26.1. The zero-order chi connectivity index (χ0) is 32.6. The van der Waals surface area contributed by atoms with E-state index in [1.807, 2.05) is 18.2 Å². The Balaban J connectivity index is 1.23. The fourth-order valence-corrected chi connectivity index (χ4v) is 8.89. The van der Waals surface area contributed by atoms with Crippen molar-refractivity contribution in [3.05, 3.63) is 168 Å². The molecule has 0 fully saturated rings. The predicted molar refractivity (Wildman–Crippen MR) is 206 cm³/mol. The zero-order valence-corrected chi connectivity index (χ0v) is 26.9. The summed E-state index contributed by atoms with van der Waals surface area (Å²) >= 11 is 1.55. The fourth-order valence-electron chi connectivity index (χ4n) is 7.67. The molecule has 10 aromatic rings. The summed E-state index contributed by atoms with van der Waals surface area (Å²) in [7, 11) is 0. The Hall–Kier alpha value is -6.66. The van der Waals surface area contributed by atoms with Gasteiger partial charge in [-0.3, -0.25) is 0 Å². The Kier molecular flexibility index (Phi) is 5.84. The maximum absolute atomic E-state index is 8.10. The standard InChI is InChI=1S/C44H24N4S/c1-45-36-20-11-19-34-41-42-35(26-37(46-2)44(41)49-43(34)36)33-18-5-8-23-40(33)48(42)30-15-10-13-28(25-30)27-12-9-14-29(24-27)47-38-21-6-3-16-31(38)32-17-4-7-22-39(32)47/h3-26H. The summed E-state index contributed by atoms with van der Waals surface area (Å²) < 4.78 is 6.55. The van der Waals surface area contributed by atoms with E-state index in [0.717, 1.165) is 64.5 Å². The van der Waals surface area contributed by atoms with Crippen LogP contribution in [0.3, 0.4) is 0 Å². The lowest BCUT2D eigenvalue weighted by atomic mass is 10.0. The average Bonchev–Trinajstić information content (AvgIpc) is 3.82. The van der Waals surface area contributed by atoms with Crippen LogP contribution in [0, 0.1) is 13.1 Å². The molecular formula is C44H24N4S. The van der Waals surface area contributed by atoms with E-state index in [1.165, 1.54) is 21.8 Å². The SMILES string of the molecule is [C-]#[N+]c1cccc2c1sc1c([N+]#[C-])cc3c4ccccc4n(-c4cccc(-c5cccc(-n6c7ccccc7c7ccccc76)c5)c4)c3c12. The van der Waals surface area contributed by atoms with E-state index in [-0.39, 0.29) is 0 Å². The van der Waals surface area contributed by atoms with Crippen molar-refractivity contribution >= 4 is 86.5 Å². The van der Waals surface area contributed by atoms with Gasteiger partial charge in [-0.15, -0.1) is 0 Å². The van der Waals surface area contributed by atoms with Crippen LogP contribution >= 0.6 is 11.3 Å². The van der Waals surface area contributed by atoms with Crippen LogP contribution in [0.5, 0.6) is 0 Å². The van der Waals surface area contributed by atoms with Gasteiger partial charge < -0.3 is 9.13 Å². The minimum Gasteiger partial charge on any atom is -0.309 e. The fraction of sp³-hybridized carbons (Fsp3) is 0. The van der Waals surface area contributed by atoms with E-state index in [1.54, 1.807) is 11.3 Å². The van der Waals surface area contributed by atoms with Crippen molar-refractivity contribution < 1.29 is 0 Å². The van der Waals surface area contributed by atoms with Gasteiger partial charge in [0.25, 0.3) is 0 Å². The molecule has 0 saturated heterocycles. The second-order valence-electron chi connectivity index (χ2n) is 12.3. The van der Waals surface area contributed by atoms with Gasteiger partial charge in [0.15, 0.2) is 0 Å². The smallest absolute Gasteiger partial charge is 0.205 e. The molecule has 0 bridgehead atoms. The molecule has 0 amide bonds. The predicted octanol–water partition coefficient (Wildman–Crippen LogP) is 13.0. The summed E-state index contributed by atoms with van der Waals surface area (Å²) in [5.74, 6) is 0. The Morgan fingerprint density at radius 1 is 0.429 bits per heavy atom. The molecule has 5 heteroatoms. The van der Waals surface area contributed by atoms with Gasteiger partial charge >= 0.3 is 0 Å². The number of thiophene rings is 1. The largest absolute Gasteiger partial charge is 0.309 e. The molecule has 4 nitrogen and oxygen atoms in total. The van der Waals surface area contributed by atoms with Gasteiger partial charge in [-0.1, -0.05) is 97.1 Å². The maximum atomic E-state index is 8.10. The lowest BCUT2D eigenvalue weighted by Crippen LogP contribution is -1.96. The molecule has 0 radical (unpaired) electrons. The lowest BCUT2D eigenvalue weighted by molar-refractivity contribution is 1.18. The Labute approximate surface area is 285 Å². The van der Waals surface area contributed by atoms with Gasteiger partial charge in [0.05, 0.1) is 35.2 Å². The second kappa shape index (κ2) is 10.4. The number of para-hydroxylation sites is 3. The molecule has 0 N–H and O–H groups in total. The van der Waals surface area contributed by atoms with E-state index in [4.69, 9.17) is 13.1 Å². The highest BCUT2D eigenvalue weighted by Crippen LogP contribution is 2.49. The number of hydrogen-bond donors (Lipinski definition) is 0. The van der Waals surface area contributed by atoms with Crippen molar-refractivity contribution in [2.45, 2.75) is 0 Å². The number of aromatic nitrogens is 2. The number of nitrogens with zero attached hydrogens (tertiary/aromatic N) is 4. The third kappa shape index (κ3) is 3.88. The highest BCUT2D eigenvalue weighted by molar-refractivity contribution is 7.27. The third-order valence-electron chi connectivity index (χ3n) is 9.72. The van der Waals surface area contributed by atoms with Gasteiger partial charge in [0.2, 0.25) is 11.4 Å². The van der Waals surface area contributed by atoms with Crippen LogP contribution in [0.25, 0.3) is 96.0 Å². The summed E-state index contributed by atoms with van der Waals surface area (Å²) in [5.41, 5.74) is 10.2. The topological polar surface area (TPSA) is 18.6 Å². The Morgan fingerprint density at radius 2 is 0.939 bits per heavy atom. The van der Waals surface area contributed by atoms with Crippen LogP contribution in [0.1, 0.15) is 0 Å². The van der Waals surface area contributed by atoms with Gasteiger partial charge in [-0.2, -0.15) is 11.3 Å². The van der Waals surface area contributed by atoms with E-state index in [0.29, 0.717) is 11.4 Å². The first-order chi connectivity index (χ1) is 24.2. The van der Waals surface area contributed by atoms with Crippen molar-refractivity contribution in [1.29, 1.82) is 0 Å². The lowest BCUT2D eigenvalue weighted by Gasteiger charge is -2.13. The molecule has 0 aliphatic rings. The van der Waals surface area contributed by atoms with Crippen LogP contribution in [0.2, 0.25) is 0 Å². The summed E-state index contributed by atoms with van der Waals surface area (Å²) in [6, 6.07) is 51.1. The first kappa shape index (κ1) is 27.5. The van der Waals surface area contributed by atoms with Crippen molar-refractivity contribution in [2.75, 3.05) is 0 Å². The molecule has 3 heterocycles. The second-order valence-corrected chi connectivity index (χ2v) is 13.3. The van der Waals surface area contributed by atoms with Crippen molar-refractivity contribution in [2.24, 2.45) is 0 Å². The highest BCUT2D eigenvalue weighted by atomic mass is 32.1. The van der Waals surface area contributed by atoms with Gasteiger partial charge in [-0.25, -0.2) is 9.69 Å². The molecule has 0 saturated carbocycles. The van der Waals surface area contributed by atoms with Gasteiger partial charge in [0.1, 0.15) is 0 Å². The van der Waals surface area contributed by atoms with Gasteiger partial charge in [0, 0.05) is 42.3 Å². The summed E-state index contributed by atoms with van der Waals surface area (Å²) in [6.45, 7) is 15.9. The minimum atomic E-state index is 0.621. The third-order valence-corrected chi connectivity index (χ3v) is 11.0. The Bertz CT molecular complexity index is 3030. The molecular weight excluding hydrogens is 617 g/mol. The molecule has 7 aromatic carbocycles. The van der Waals surface area contributed by atoms with Crippen LogP contribution in [-0.2, 0) is 0 Å². The molecule has 0 atom stereocenters. The minimum absolute atomic E-state index is 0.621. The van der Waals surface area contributed by atoms with Crippen LogP contribution in [-0.4, -0.2) is 9.13 Å². The Morgan fingerprint density at radius 3 is 1.55 bits per heavy atom.